The van der Waals surface area contributed by atoms with E-state index >= 15 is 0 Å². The molecule has 0 atom stereocenters. The molecule has 0 fully saturated rings. The first-order chi connectivity index (χ1) is 20.9. The summed E-state index contributed by atoms with van der Waals surface area (Å²) in [6.07, 6.45) is 3.32. The molecule has 0 amide bonds. The van der Waals surface area contributed by atoms with Crippen molar-refractivity contribution >= 4 is 28.8 Å². The lowest BCUT2D eigenvalue weighted by Gasteiger charge is -2.12. The number of hydrogen-bond acceptors (Lipinski definition) is 9. The lowest BCUT2D eigenvalue weighted by atomic mass is 10.3. The number of ether oxygens (including phenoxy) is 6. The van der Waals surface area contributed by atoms with Crippen LogP contribution in [-0.2, 0) is 39.5 Å². The van der Waals surface area contributed by atoms with Gasteiger partial charge in [0.2, 0.25) is 0 Å². The van der Waals surface area contributed by atoms with E-state index in [9.17, 15) is 14.4 Å². The summed E-state index contributed by atoms with van der Waals surface area (Å²) >= 11 is 0. The van der Waals surface area contributed by atoms with Crippen molar-refractivity contribution in [2.45, 2.75) is 14.7 Å². The van der Waals surface area contributed by atoms with Gasteiger partial charge in [0.25, 0.3) is 0 Å². The highest BCUT2D eigenvalue weighted by atomic mass is 32.2. The average Bonchev–Trinajstić information content (AvgIpc) is 3.05. The van der Waals surface area contributed by atoms with Gasteiger partial charge in [0.05, 0.1) is 10.9 Å². The van der Waals surface area contributed by atoms with Crippen LogP contribution < -0.4 is 14.2 Å². The molecule has 0 heterocycles. The standard InChI is InChI=1S/C33H33O9S/c1-4-31(34)40-22-19-37-25-7-13-28(14-8-25)43(29-15-9-26(10-16-29)38-20-23-41-32(35)5-2)30-17-11-27(12-18-30)39-21-24-42-33(36)6-3/h4-18H,1-3,19-24H2/q+1. The third-order valence-corrected chi connectivity index (χ3v) is 7.70. The highest BCUT2D eigenvalue weighted by Crippen LogP contribution is 2.34. The molecule has 0 aliphatic heterocycles. The SMILES string of the molecule is C=CC(=O)OCCOc1ccc([S+](c2ccc(OCCOC(=O)C=C)cc2)c2ccc(OCCOC(=O)C=C)cc2)cc1. The Kier molecular flexibility index (Phi) is 13.4. The minimum absolute atomic E-state index is 0.118. The van der Waals surface area contributed by atoms with Crippen LogP contribution in [0.4, 0.5) is 0 Å². The molecule has 0 saturated heterocycles. The van der Waals surface area contributed by atoms with Crippen molar-refractivity contribution < 1.29 is 42.8 Å². The molecule has 0 radical (unpaired) electrons. The Labute approximate surface area is 253 Å². The molecule has 3 aromatic rings. The average molecular weight is 606 g/mol. The first-order valence-electron chi connectivity index (χ1n) is 13.2. The molecule has 43 heavy (non-hydrogen) atoms. The fraction of sp³-hybridized carbons (Fsp3) is 0.182. The smallest absolute Gasteiger partial charge is 0.330 e. The fourth-order valence-corrected chi connectivity index (χ4v) is 5.55. The van der Waals surface area contributed by atoms with Gasteiger partial charge in [-0.1, -0.05) is 19.7 Å². The van der Waals surface area contributed by atoms with Gasteiger partial charge < -0.3 is 28.4 Å². The molecule has 0 aliphatic carbocycles. The highest BCUT2D eigenvalue weighted by Gasteiger charge is 2.29. The van der Waals surface area contributed by atoms with E-state index < -0.39 is 28.8 Å². The topological polar surface area (TPSA) is 107 Å². The van der Waals surface area contributed by atoms with Gasteiger partial charge in [-0.05, 0) is 72.8 Å². The van der Waals surface area contributed by atoms with E-state index in [1.165, 1.54) is 0 Å². The van der Waals surface area contributed by atoms with Crippen molar-refractivity contribution in [1.29, 1.82) is 0 Å². The van der Waals surface area contributed by atoms with Crippen LogP contribution in [0.25, 0.3) is 0 Å². The minimum Gasteiger partial charge on any atom is -0.490 e. The Morgan fingerprint density at radius 3 is 0.953 bits per heavy atom. The number of carbonyl (C=O) groups excluding carboxylic acids is 3. The normalized spacial score (nSPS) is 10.3. The molecule has 10 heteroatoms. The van der Waals surface area contributed by atoms with Crippen molar-refractivity contribution in [3.05, 3.63) is 111 Å². The van der Waals surface area contributed by atoms with E-state index in [1.54, 1.807) is 0 Å². The molecule has 0 aromatic heterocycles. The lowest BCUT2D eigenvalue weighted by Crippen LogP contribution is -2.11. The third kappa shape index (κ3) is 11.1. The molecule has 9 nitrogen and oxygen atoms in total. The summed E-state index contributed by atoms with van der Waals surface area (Å²) in [5, 5.41) is 0. The summed E-state index contributed by atoms with van der Waals surface area (Å²) in [6, 6.07) is 23.2. The van der Waals surface area contributed by atoms with Crippen LogP contribution >= 0.6 is 0 Å². The first kappa shape index (κ1) is 32.6. The second-order valence-corrected chi connectivity index (χ2v) is 10.4. The molecule has 0 saturated carbocycles. The van der Waals surface area contributed by atoms with E-state index in [4.69, 9.17) is 28.4 Å². The molecule has 0 unspecified atom stereocenters. The third-order valence-electron chi connectivity index (χ3n) is 5.47. The van der Waals surface area contributed by atoms with Crippen molar-refractivity contribution in [1.82, 2.24) is 0 Å². The molecular weight excluding hydrogens is 572 g/mol. The summed E-state index contributed by atoms with van der Waals surface area (Å²) in [6.45, 7) is 11.1. The highest BCUT2D eigenvalue weighted by molar-refractivity contribution is 7.97. The van der Waals surface area contributed by atoms with Gasteiger partial charge in [0.15, 0.2) is 14.7 Å². The summed E-state index contributed by atoms with van der Waals surface area (Å²) in [5.41, 5.74) is 0. The Balaban J connectivity index is 1.73. The van der Waals surface area contributed by atoms with Gasteiger partial charge in [-0.15, -0.1) is 0 Å². The maximum atomic E-state index is 11.2. The zero-order valence-electron chi connectivity index (χ0n) is 23.6. The maximum absolute atomic E-state index is 11.2. The molecular formula is C33H33O9S+. The van der Waals surface area contributed by atoms with Gasteiger partial charge in [0, 0.05) is 18.2 Å². The van der Waals surface area contributed by atoms with Crippen LogP contribution in [0, 0.1) is 0 Å². The number of benzene rings is 3. The summed E-state index contributed by atoms with van der Waals surface area (Å²) in [7, 11) is -0.492. The predicted molar refractivity (Wildman–Crippen MR) is 161 cm³/mol. The lowest BCUT2D eigenvalue weighted by molar-refractivity contribution is -0.139. The van der Waals surface area contributed by atoms with Crippen molar-refractivity contribution in [2.24, 2.45) is 0 Å². The molecule has 3 aromatic carbocycles. The van der Waals surface area contributed by atoms with Crippen LogP contribution in [-0.4, -0.2) is 57.5 Å². The quantitative estimate of drug-likeness (QED) is 0.0643. The van der Waals surface area contributed by atoms with Crippen LogP contribution in [0.5, 0.6) is 17.2 Å². The Morgan fingerprint density at radius 1 is 0.465 bits per heavy atom. The number of hydrogen-bond donors (Lipinski definition) is 0. The van der Waals surface area contributed by atoms with Crippen LogP contribution in [0.2, 0.25) is 0 Å². The molecule has 3 rings (SSSR count). The van der Waals surface area contributed by atoms with Crippen molar-refractivity contribution in [3.8, 4) is 17.2 Å². The van der Waals surface area contributed by atoms with Gasteiger partial charge in [-0.3, -0.25) is 0 Å². The Bertz CT molecular complexity index is 1200. The minimum atomic E-state index is -0.497. The van der Waals surface area contributed by atoms with Crippen LogP contribution in [0.15, 0.2) is 125 Å². The van der Waals surface area contributed by atoms with Crippen molar-refractivity contribution in [2.75, 3.05) is 39.6 Å². The van der Waals surface area contributed by atoms with E-state index in [-0.39, 0.29) is 39.6 Å². The number of rotatable bonds is 18. The van der Waals surface area contributed by atoms with Gasteiger partial charge in [-0.2, -0.15) is 0 Å². The molecule has 0 spiro atoms. The monoisotopic (exact) mass is 605 g/mol. The fourth-order valence-electron chi connectivity index (χ4n) is 3.51. The van der Waals surface area contributed by atoms with E-state index in [0.29, 0.717) is 17.2 Å². The predicted octanol–water partition coefficient (Wildman–Crippen LogP) is 5.11. The maximum Gasteiger partial charge on any atom is 0.330 e. The van der Waals surface area contributed by atoms with Crippen LogP contribution in [0.1, 0.15) is 0 Å². The zero-order chi connectivity index (χ0) is 30.9. The zero-order valence-corrected chi connectivity index (χ0v) is 24.4. The first-order valence-corrected chi connectivity index (χ1v) is 14.5. The Morgan fingerprint density at radius 2 is 0.721 bits per heavy atom. The van der Waals surface area contributed by atoms with E-state index in [1.807, 2.05) is 72.8 Å². The van der Waals surface area contributed by atoms with Gasteiger partial charge in [-0.25, -0.2) is 14.4 Å². The second kappa shape index (κ2) is 17.8. The molecule has 0 bridgehead atoms. The summed E-state index contributed by atoms with van der Waals surface area (Å²) < 4.78 is 32.0. The van der Waals surface area contributed by atoms with Gasteiger partial charge in [0.1, 0.15) is 56.9 Å². The Hall–Kier alpha value is -4.96. The second-order valence-electron chi connectivity index (χ2n) is 8.38. The van der Waals surface area contributed by atoms with Gasteiger partial charge >= 0.3 is 17.9 Å². The van der Waals surface area contributed by atoms with Crippen molar-refractivity contribution in [3.63, 3.8) is 0 Å². The summed E-state index contributed by atoms with van der Waals surface area (Å²) in [4.78, 5) is 36.7. The van der Waals surface area contributed by atoms with E-state index in [0.717, 1.165) is 32.9 Å². The molecule has 224 valence electrons. The number of carbonyl (C=O) groups is 3. The summed E-state index contributed by atoms with van der Waals surface area (Å²) in [5.74, 6) is 0.436. The van der Waals surface area contributed by atoms with E-state index in [2.05, 4.69) is 19.7 Å². The van der Waals surface area contributed by atoms with Crippen LogP contribution in [0.3, 0.4) is 0 Å². The largest absolute Gasteiger partial charge is 0.490 e. The molecule has 0 aliphatic rings. The molecule has 0 N–H and O–H groups in total. The number of esters is 3.